The molecule has 2 heterocycles. The lowest BCUT2D eigenvalue weighted by Gasteiger charge is -2.46. The molecule has 2 fully saturated rings. The van der Waals surface area contributed by atoms with Crippen LogP contribution in [0.15, 0.2) is 30.3 Å². The van der Waals surface area contributed by atoms with Crippen LogP contribution >= 0.6 is 0 Å². The van der Waals surface area contributed by atoms with Crippen LogP contribution in [-0.4, -0.2) is 54.1 Å². The van der Waals surface area contributed by atoms with Crippen LogP contribution in [0.3, 0.4) is 0 Å². The zero-order valence-electron chi connectivity index (χ0n) is 13.9. The summed E-state index contributed by atoms with van der Waals surface area (Å²) in [6.45, 7) is 6.95. The van der Waals surface area contributed by atoms with Gasteiger partial charge in [-0.05, 0) is 25.3 Å². The summed E-state index contributed by atoms with van der Waals surface area (Å²) < 4.78 is 5.93. The molecule has 0 unspecified atom stereocenters. The largest absolute Gasteiger partial charge is 0.363 e. The van der Waals surface area contributed by atoms with E-state index in [0.29, 0.717) is 0 Å². The minimum atomic E-state index is -0.100. The first kappa shape index (κ1) is 17.5. The van der Waals surface area contributed by atoms with Gasteiger partial charge in [0.2, 0.25) is 5.91 Å². The van der Waals surface area contributed by atoms with Crippen LogP contribution in [0.25, 0.3) is 0 Å². The summed E-state index contributed by atoms with van der Waals surface area (Å²) in [5.74, 6) is 0.134. The molecule has 4 heteroatoms. The predicted octanol–water partition coefficient (Wildman–Crippen LogP) is 2.15. The van der Waals surface area contributed by atoms with Crippen LogP contribution in [0.5, 0.6) is 0 Å². The Balaban J connectivity index is 0.000000924. The van der Waals surface area contributed by atoms with Crippen LogP contribution in [-0.2, 0) is 16.1 Å². The van der Waals surface area contributed by atoms with E-state index in [2.05, 4.69) is 48.1 Å². The number of hydrogen-bond donors (Lipinski definition) is 0. The van der Waals surface area contributed by atoms with Gasteiger partial charge in [0.05, 0.1) is 5.60 Å². The van der Waals surface area contributed by atoms with Crippen molar-refractivity contribution in [1.82, 2.24) is 9.80 Å². The molecular formula is C19H26N2O2. The van der Waals surface area contributed by atoms with Gasteiger partial charge in [0.1, 0.15) is 6.61 Å². The second-order valence-corrected chi connectivity index (χ2v) is 6.14. The highest BCUT2D eigenvalue weighted by Gasteiger charge is 2.41. The van der Waals surface area contributed by atoms with Crippen molar-refractivity contribution < 1.29 is 9.53 Å². The molecule has 1 amide bonds. The van der Waals surface area contributed by atoms with Crippen molar-refractivity contribution in [3.05, 3.63) is 35.9 Å². The number of likely N-dealkylation sites (N-methyl/N-ethyl adjacent to an activating group) is 1. The van der Waals surface area contributed by atoms with Crippen molar-refractivity contribution in [3.63, 3.8) is 0 Å². The Hall–Kier alpha value is -1.83. The number of likely N-dealkylation sites (tertiary alicyclic amines) is 1. The monoisotopic (exact) mass is 314 g/mol. The average molecular weight is 314 g/mol. The number of rotatable bonds is 3. The highest BCUT2D eigenvalue weighted by Crippen LogP contribution is 2.30. The lowest BCUT2D eigenvalue weighted by molar-refractivity contribution is -0.171. The number of nitrogens with zero attached hydrogens (tertiary/aromatic N) is 2. The summed E-state index contributed by atoms with van der Waals surface area (Å²) >= 11 is 0. The molecule has 2 aliphatic heterocycles. The van der Waals surface area contributed by atoms with Gasteiger partial charge in [0, 0.05) is 32.7 Å². The van der Waals surface area contributed by atoms with Gasteiger partial charge < -0.3 is 9.64 Å². The summed E-state index contributed by atoms with van der Waals surface area (Å²) in [5, 5.41) is 0. The number of carbonyl (C=O) groups is 1. The standard InChI is InChI=1S/C17H24N2O2.C2H2/c1-2-19-14-17(21-13-16(19)20)8-10-18(11-9-17)12-15-6-4-3-5-7-15;1-2/h3-7H,2,8-14H2,1H3;1-2H. The van der Waals surface area contributed by atoms with E-state index in [1.54, 1.807) is 0 Å². The van der Waals surface area contributed by atoms with E-state index >= 15 is 0 Å². The number of terminal acetylenes is 1. The van der Waals surface area contributed by atoms with Crippen LogP contribution in [0.4, 0.5) is 0 Å². The van der Waals surface area contributed by atoms with E-state index < -0.39 is 0 Å². The maximum absolute atomic E-state index is 11.7. The SMILES string of the molecule is C#C.CCN1CC2(CCN(Cc3ccccc3)CC2)OCC1=O. The molecule has 3 rings (SSSR count). The number of piperidine rings is 1. The molecule has 4 nitrogen and oxygen atoms in total. The Morgan fingerprint density at radius 3 is 2.43 bits per heavy atom. The Morgan fingerprint density at radius 2 is 1.83 bits per heavy atom. The highest BCUT2D eigenvalue weighted by molar-refractivity contribution is 5.78. The molecule has 1 spiro atoms. The van der Waals surface area contributed by atoms with Crippen molar-refractivity contribution in [3.8, 4) is 12.8 Å². The third-order valence-corrected chi connectivity index (χ3v) is 4.73. The third-order valence-electron chi connectivity index (χ3n) is 4.73. The maximum Gasteiger partial charge on any atom is 0.248 e. The summed E-state index contributed by atoms with van der Waals surface area (Å²) in [5.41, 5.74) is 1.26. The fraction of sp³-hybridized carbons (Fsp3) is 0.526. The molecule has 0 radical (unpaired) electrons. The van der Waals surface area contributed by atoms with Gasteiger partial charge in [-0.25, -0.2) is 0 Å². The minimum absolute atomic E-state index is 0.100. The molecule has 0 atom stereocenters. The number of ether oxygens (including phenoxy) is 1. The van der Waals surface area contributed by atoms with Crippen molar-refractivity contribution in [2.45, 2.75) is 31.9 Å². The smallest absolute Gasteiger partial charge is 0.248 e. The summed E-state index contributed by atoms with van der Waals surface area (Å²) in [6.07, 6.45) is 10.0. The van der Waals surface area contributed by atoms with Crippen LogP contribution in [0.2, 0.25) is 0 Å². The normalized spacial score (nSPS) is 20.8. The van der Waals surface area contributed by atoms with Gasteiger partial charge in [0.25, 0.3) is 0 Å². The zero-order chi connectivity index (χ0) is 16.7. The number of hydrogen-bond acceptors (Lipinski definition) is 3. The fourth-order valence-corrected chi connectivity index (χ4v) is 3.34. The zero-order valence-corrected chi connectivity index (χ0v) is 13.9. The summed E-state index contributed by atoms with van der Waals surface area (Å²) in [6, 6.07) is 10.6. The number of amides is 1. The molecule has 0 aromatic heterocycles. The maximum atomic E-state index is 11.7. The van der Waals surface area contributed by atoms with Gasteiger partial charge in [0.15, 0.2) is 0 Å². The second kappa shape index (κ2) is 8.14. The molecular weight excluding hydrogens is 288 g/mol. The van der Waals surface area contributed by atoms with Crippen molar-refractivity contribution in [2.24, 2.45) is 0 Å². The predicted molar refractivity (Wildman–Crippen MR) is 91.8 cm³/mol. The first-order valence-electron chi connectivity index (χ1n) is 8.22. The molecule has 1 aromatic rings. The van der Waals surface area contributed by atoms with Gasteiger partial charge in [-0.2, -0.15) is 0 Å². The molecule has 2 saturated heterocycles. The number of carbonyl (C=O) groups excluding carboxylic acids is 1. The second-order valence-electron chi connectivity index (χ2n) is 6.14. The molecule has 0 saturated carbocycles. The van der Waals surface area contributed by atoms with Gasteiger partial charge >= 0.3 is 0 Å². The number of benzene rings is 1. The van der Waals surface area contributed by atoms with Gasteiger partial charge in [-0.3, -0.25) is 9.69 Å². The van der Waals surface area contributed by atoms with E-state index in [4.69, 9.17) is 4.74 Å². The lowest BCUT2D eigenvalue weighted by atomic mass is 9.89. The quantitative estimate of drug-likeness (QED) is 0.802. The Bertz CT molecular complexity index is 519. The first-order valence-corrected chi connectivity index (χ1v) is 8.22. The van der Waals surface area contributed by atoms with Crippen molar-refractivity contribution >= 4 is 5.91 Å². The van der Waals surface area contributed by atoms with E-state index in [1.807, 2.05) is 11.8 Å². The molecule has 0 N–H and O–H groups in total. The lowest BCUT2D eigenvalue weighted by Crippen LogP contribution is -2.58. The fourth-order valence-electron chi connectivity index (χ4n) is 3.34. The molecule has 2 aliphatic rings. The number of morpholine rings is 1. The molecule has 0 bridgehead atoms. The molecule has 0 aliphatic carbocycles. The van der Waals surface area contributed by atoms with Crippen molar-refractivity contribution in [1.29, 1.82) is 0 Å². The molecule has 23 heavy (non-hydrogen) atoms. The van der Waals surface area contributed by atoms with E-state index in [-0.39, 0.29) is 18.1 Å². The van der Waals surface area contributed by atoms with Crippen molar-refractivity contribution in [2.75, 3.05) is 32.8 Å². The van der Waals surface area contributed by atoms with E-state index in [1.165, 1.54) is 5.56 Å². The van der Waals surface area contributed by atoms with Gasteiger partial charge in [-0.15, -0.1) is 12.8 Å². The highest BCUT2D eigenvalue weighted by atomic mass is 16.5. The molecule has 1 aromatic carbocycles. The van der Waals surface area contributed by atoms with E-state index in [9.17, 15) is 4.79 Å². The van der Waals surface area contributed by atoms with Gasteiger partial charge in [-0.1, -0.05) is 30.3 Å². The molecule has 124 valence electrons. The Labute approximate surface area is 139 Å². The first-order chi connectivity index (χ1) is 11.2. The summed E-state index contributed by atoms with van der Waals surface area (Å²) in [7, 11) is 0. The Morgan fingerprint density at radius 1 is 1.17 bits per heavy atom. The van der Waals surface area contributed by atoms with Crippen LogP contribution < -0.4 is 0 Å². The summed E-state index contributed by atoms with van der Waals surface area (Å²) in [4.78, 5) is 16.2. The topological polar surface area (TPSA) is 32.8 Å². The average Bonchev–Trinajstić information content (AvgIpc) is 2.62. The Kier molecular flexibility index (Phi) is 6.20. The minimum Gasteiger partial charge on any atom is -0.363 e. The van der Waals surface area contributed by atoms with Crippen LogP contribution in [0, 0.1) is 12.8 Å². The van der Waals surface area contributed by atoms with Crippen LogP contribution in [0.1, 0.15) is 25.3 Å². The third kappa shape index (κ3) is 4.34. The van der Waals surface area contributed by atoms with E-state index in [0.717, 1.165) is 45.6 Å².